The zero-order chi connectivity index (χ0) is 12.1. The molecule has 84 valence electrons. The maximum absolute atomic E-state index is 11.5. The predicted octanol–water partition coefficient (Wildman–Crippen LogP) is 0.702. The molecule has 0 spiro atoms. The molecule has 5 heteroatoms. The SMILES string of the molecule is C[C@H](NC(=O)c1ccc(C=O)cc1)C(=O)O. The summed E-state index contributed by atoms with van der Waals surface area (Å²) in [6, 6.07) is 4.97. The maximum Gasteiger partial charge on any atom is 0.325 e. The maximum atomic E-state index is 11.5. The topological polar surface area (TPSA) is 83.5 Å². The summed E-state index contributed by atoms with van der Waals surface area (Å²) in [5.74, 6) is -1.58. The predicted molar refractivity (Wildman–Crippen MR) is 56.4 cm³/mol. The zero-order valence-electron chi connectivity index (χ0n) is 8.64. The van der Waals surface area contributed by atoms with Crippen molar-refractivity contribution < 1.29 is 19.5 Å². The zero-order valence-corrected chi connectivity index (χ0v) is 8.64. The van der Waals surface area contributed by atoms with Gasteiger partial charge in [0.15, 0.2) is 0 Å². The van der Waals surface area contributed by atoms with Crippen molar-refractivity contribution >= 4 is 18.2 Å². The Morgan fingerprint density at radius 2 is 1.88 bits per heavy atom. The molecule has 0 radical (unpaired) electrons. The molecule has 2 N–H and O–H groups in total. The molecule has 0 aliphatic rings. The van der Waals surface area contributed by atoms with Gasteiger partial charge in [-0.3, -0.25) is 14.4 Å². The first kappa shape index (κ1) is 11.9. The number of aliphatic carboxylic acids is 1. The monoisotopic (exact) mass is 221 g/mol. The molecule has 0 fully saturated rings. The van der Waals surface area contributed by atoms with Gasteiger partial charge in [-0.25, -0.2) is 0 Å². The van der Waals surface area contributed by atoms with Crippen molar-refractivity contribution in [1.82, 2.24) is 5.32 Å². The van der Waals surface area contributed by atoms with Crippen LogP contribution in [0, 0.1) is 0 Å². The van der Waals surface area contributed by atoms with Gasteiger partial charge in [0, 0.05) is 11.1 Å². The Bertz CT molecular complexity index is 410. The molecule has 0 aliphatic heterocycles. The third kappa shape index (κ3) is 2.91. The summed E-state index contributed by atoms with van der Waals surface area (Å²) in [7, 11) is 0. The lowest BCUT2D eigenvalue weighted by atomic mass is 10.1. The Balaban J connectivity index is 2.73. The van der Waals surface area contributed by atoms with Gasteiger partial charge in [0.25, 0.3) is 5.91 Å². The number of carboxylic acids is 1. The van der Waals surface area contributed by atoms with Crippen LogP contribution in [0.15, 0.2) is 24.3 Å². The van der Waals surface area contributed by atoms with Crippen molar-refractivity contribution in [2.45, 2.75) is 13.0 Å². The number of carbonyl (C=O) groups excluding carboxylic acids is 2. The highest BCUT2D eigenvalue weighted by Gasteiger charge is 2.14. The van der Waals surface area contributed by atoms with E-state index in [0.29, 0.717) is 17.4 Å². The first-order chi connectivity index (χ1) is 7.54. The first-order valence-corrected chi connectivity index (χ1v) is 4.63. The number of amides is 1. The Hall–Kier alpha value is -2.17. The fourth-order valence-corrected chi connectivity index (χ4v) is 1.05. The average Bonchev–Trinajstić information content (AvgIpc) is 2.28. The van der Waals surface area contributed by atoms with Crippen LogP contribution in [0.5, 0.6) is 0 Å². The summed E-state index contributed by atoms with van der Waals surface area (Å²) in [6.45, 7) is 1.38. The van der Waals surface area contributed by atoms with E-state index in [9.17, 15) is 14.4 Å². The van der Waals surface area contributed by atoms with Crippen LogP contribution in [-0.2, 0) is 4.79 Å². The van der Waals surface area contributed by atoms with Crippen molar-refractivity contribution in [2.24, 2.45) is 0 Å². The fourth-order valence-electron chi connectivity index (χ4n) is 1.05. The van der Waals surface area contributed by atoms with E-state index >= 15 is 0 Å². The van der Waals surface area contributed by atoms with E-state index < -0.39 is 17.9 Å². The number of hydrogen-bond donors (Lipinski definition) is 2. The highest BCUT2D eigenvalue weighted by molar-refractivity contribution is 5.96. The molecule has 1 aromatic carbocycles. The quantitative estimate of drug-likeness (QED) is 0.733. The van der Waals surface area contributed by atoms with E-state index in [1.165, 1.54) is 31.2 Å². The molecule has 1 amide bonds. The Morgan fingerprint density at radius 3 is 2.31 bits per heavy atom. The van der Waals surface area contributed by atoms with Crippen molar-refractivity contribution in [3.63, 3.8) is 0 Å². The van der Waals surface area contributed by atoms with E-state index in [4.69, 9.17) is 5.11 Å². The van der Waals surface area contributed by atoms with E-state index in [1.54, 1.807) is 0 Å². The lowest BCUT2D eigenvalue weighted by Gasteiger charge is -2.08. The van der Waals surface area contributed by atoms with Crippen LogP contribution in [0.25, 0.3) is 0 Å². The van der Waals surface area contributed by atoms with Gasteiger partial charge in [0.05, 0.1) is 0 Å². The Morgan fingerprint density at radius 1 is 1.31 bits per heavy atom. The molecule has 0 bridgehead atoms. The minimum atomic E-state index is -1.10. The summed E-state index contributed by atoms with van der Waals surface area (Å²) in [6.07, 6.45) is 0.668. The van der Waals surface area contributed by atoms with Gasteiger partial charge in [-0.1, -0.05) is 12.1 Å². The summed E-state index contributed by atoms with van der Waals surface area (Å²) < 4.78 is 0. The third-order valence-electron chi connectivity index (χ3n) is 2.03. The summed E-state index contributed by atoms with van der Waals surface area (Å²) in [5.41, 5.74) is 0.779. The second kappa shape index (κ2) is 5.06. The van der Waals surface area contributed by atoms with Crippen LogP contribution < -0.4 is 5.32 Å². The highest BCUT2D eigenvalue weighted by Crippen LogP contribution is 2.02. The molecule has 0 heterocycles. The van der Waals surface area contributed by atoms with Crippen LogP contribution in [0.1, 0.15) is 27.6 Å². The second-order valence-corrected chi connectivity index (χ2v) is 3.27. The normalized spacial score (nSPS) is 11.6. The molecule has 16 heavy (non-hydrogen) atoms. The van der Waals surface area contributed by atoms with Crippen LogP contribution >= 0.6 is 0 Å². The molecule has 0 aliphatic carbocycles. The van der Waals surface area contributed by atoms with Crippen molar-refractivity contribution in [1.29, 1.82) is 0 Å². The van der Waals surface area contributed by atoms with E-state index in [-0.39, 0.29) is 0 Å². The van der Waals surface area contributed by atoms with Crippen molar-refractivity contribution in [3.05, 3.63) is 35.4 Å². The number of hydrogen-bond acceptors (Lipinski definition) is 3. The number of nitrogens with one attached hydrogen (secondary N) is 1. The number of rotatable bonds is 4. The van der Waals surface area contributed by atoms with Crippen molar-refractivity contribution in [3.8, 4) is 0 Å². The molecule has 0 saturated heterocycles. The van der Waals surface area contributed by atoms with Crippen LogP contribution in [0.4, 0.5) is 0 Å². The van der Waals surface area contributed by atoms with Gasteiger partial charge in [-0.15, -0.1) is 0 Å². The number of carbonyl (C=O) groups is 3. The minimum absolute atomic E-state index is 0.318. The Labute approximate surface area is 92.1 Å². The van der Waals surface area contributed by atoms with Gasteiger partial charge >= 0.3 is 5.97 Å². The summed E-state index contributed by atoms with van der Waals surface area (Å²) in [4.78, 5) is 32.4. The molecule has 0 unspecified atom stereocenters. The van der Waals surface area contributed by atoms with E-state index in [0.717, 1.165) is 0 Å². The van der Waals surface area contributed by atoms with Gasteiger partial charge in [-0.2, -0.15) is 0 Å². The summed E-state index contributed by atoms with van der Waals surface area (Å²) >= 11 is 0. The molecule has 0 saturated carbocycles. The molecule has 1 rings (SSSR count). The number of aldehydes is 1. The third-order valence-corrected chi connectivity index (χ3v) is 2.03. The molecular weight excluding hydrogens is 210 g/mol. The van der Waals surface area contributed by atoms with Crippen molar-refractivity contribution in [2.75, 3.05) is 0 Å². The van der Waals surface area contributed by atoms with Gasteiger partial charge < -0.3 is 10.4 Å². The molecule has 1 aromatic rings. The minimum Gasteiger partial charge on any atom is -0.480 e. The summed E-state index contributed by atoms with van der Waals surface area (Å²) in [5, 5.41) is 10.9. The number of carboxylic acid groups (broad SMARTS) is 1. The average molecular weight is 221 g/mol. The lowest BCUT2D eigenvalue weighted by molar-refractivity contribution is -0.138. The smallest absolute Gasteiger partial charge is 0.325 e. The second-order valence-electron chi connectivity index (χ2n) is 3.27. The molecular formula is C11H11NO4. The lowest BCUT2D eigenvalue weighted by Crippen LogP contribution is -2.38. The first-order valence-electron chi connectivity index (χ1n) is 4.63. The Kier molecular flexibility index (Phi) is 3.77. The molecule has 1 atom stereocenters. The van der Waals surface area contributed by atoms with Gasteiger partial charge in [-0.05, 0) is 19.1 Å². The van der Waals surface area contributed by atoms with E-state index in [2.05, 4.69) is 5.32 Å². The fraction of sp³-hybridized carbons (Fsp3) is 0.182. The largest absolute Gasteiger partial charge is 0.480 e. The number of benzene rings is 1. The van der Waals surface area contributed by atoms with E-state index in [1.807, 2.05) is 0 Å². The highest BCUT2D eigenvalue weighted by atomic mass is 16.4. The standard InChI is InChI=1S/C11H11NO4/c1-7(11(15)16)12-10(14)9-4-2-8(6-13)3-5-9/h2-7H,1H3,(H,12,14)(H,15,16)/t7-/m0/s1. The van der Waals surface area contributed by atoms with Crippen LogP contribution in [-0.4, -0.2) is 29.3 Å². The van der Waals surface area contributed by atoms with Crippen LogP contribution in [0.3, 0.4) is 0 Å². The molecule has 0 aromatic heterocycles. The molecule has 5 nitrogen and oxygen atoms in total. The van der Waals surface area contributed by atoms with Gasteiger partial charge in [0.1, 0.15) is 12.3 Å². The van der Waals surface area contributed by atoms with Crippen LogP contribution in [0.2, 0.25) is 0 Å². The van der Waals surface area contributed by atoms with Gasteiger partial charge in [0.2, 0.25) is 0 Å².